The maximum Gasteiger partial charge on any atom is 0.252 e. The third kappa shape index (κ3) is 6.72. The third-order valence-corrected chi connectivity index (χ3v) is 5.90. The van der Waals surface area contributed by atoms with Gasteiger partial charge in [-0.15, -0.1) is 0 Å². The number of ether oxygens (including phenoxy) is 3. The fourth-order valence-electron chi connectivity index (χ4n) is 3.85. The Morgan fingerprint density at radius 3 is 2.70 bits per heavy atom. The maximum absolute atomic E-state index is 14.2. The van der Waals surface area contributed by atoms with Crippen molar-refractivity contribution in [3.05, 3.63) is 70.5 Å². The highest BCUT2D eigenvalue weighted by molar-refractivity contribution is 6.30. The van der Waals surface area contributed by atoms with Crippen LogP contribution in [0.5, 0.6) is 0 Å². The molecule has 1 fully saturated rings. The molecule has 9 heteroatoms. The zero-order chi connectivity index (χ0) is 23.8. The molecule has 1 unspecified atom stereocenters. The van der Waals surface area contributed by atoms with E-state index in [1.54, 1.807) is 36.4 Å². The number of hydrogen-bond acceptors (Lipinski definition) is 6. The van der Waals surface area contributed by atoms with Gasteiger partial charge in [0.05, 0.1) is 32.0 Å². The summed E-state index contributed by atoms with van der Waals surface area (Å²) in [7, 11) is 1.51. The molecule has 2 aromatic carbocycles. The SMILES string of the molecule is COCCNC(=O)[C@@]1(OCc2ccccc2F)CC(OCc2cccc(Cl)c2)[C@H](O)[C@H](O)C1. The highest BCUT2D eigenvalue weighted by Crippen LogP contribution is 2.36. The number of amides is 1. The lowest BCUT2D eigenvalue weighted by Crippen LogP contribution is -2.60. The monoisotopic (exact) mass is 481 g/mol. The van der Waals surface area contributed by atoms with E-state index in [9.17, 15) is 19.4 Å². The molecule has 2 aromatic rings. The minimum Gasteiger partial charge on any atom is -0.390 e. The van der Waals surface area contributed by atoms with Crippen molar-refractivity contribution >= 4 is 17.5 Å². The highest BCUT2D eigenvalue weighted by Gasteiger charge is 2.51. The number of rotatable bonds is 10. The molecule has 33 heavy (non-hydrogen) atoms. The predicted molar refractivity (Wildman–Crippen MR) is 120 cm³/mol. The second-order valence-electron chi connectivity index (χ2n) is 8.07. The van der Waals surface area contributed by atoms with E-state index in [-0.39, 0.29) is 44.8 Å². The number of carbonyl (C=O) groups is 1. The van der Waals surface area contributed by atoms with Crippen LogP contribution in [0.15, 0.2) is 48.5 Å². The fourth-order valence-corrected chi connectivity index (χ4v) is 4.06. The summed E-state index contributed by atoms with van der Waals surface area (Å²) in [6, 6.07) is 13.2. The number of aliphatic hydroxyl groups is 2. The first-order valence-electron chi connectivity index (χ1n) is 10.7. The lowest BCUT2D eigenvalue weighted by Gasteiger charge is -2.43. The Bertz CT molecular complexity index is 931. The summed E-state index contributed by atoms with van der Waals surface area (Å²) in [6.45, 7) is 0.444. The molecule has 3 N–H and O–H groups in total. The topological polar surface area (TPSA) is 97.3 Å². The van der Waals surface area contributed by atoms with Crippen molar-refractivity contribution in [2.24, 2.45) is 0 Å². The summed E-state index contributed by atoms with van der Waals surface area (Å²) in [5.41, 5.74) is -0.482. The van der Waals surface area contributed by atoms with E-state index in [0.29, 0.717) is 5.02 Å². The van der Waals surface area contributed by atoms with Gasteiger partial charge in [-0.25, -0.2) is 4.39 Å². The van der Waals surface area contributed by atoms with E-state index in [4.69, 9.17) is 25.8 Å². The van der Waals surface area contributed by atoms with Crippen LogP contribution >= 0.6 is 11.6 Å². The number of benzene rings is 2. The van der Waals surface area contributed by atoms with Gasteiger partial charge in [0.15, 0.2) is 5.60 Å². The second-order valence-corrected chi connectivity index (χ2v) is 8.51. The first-order valence-corrected chi connectivity index (χ1v) is 11.1. The number of nitrogens with one attached hydrogen (secondary N) is 1. The van der Waals surface area contributed by atoms with Gasteiger partial charge < -0.3 is 29.7 Å². The van der Waals surface area contributed by atoms with Crippen LogP contribution in [0.2, 0.25) is 5.02 Å². The lowest BCUT2D eigenvalue weighted by molar-refractivity contribution is -0.200. The van der Waals surface area contributed by atoms with Gasteiger partial charge in [-0.3, -0.25) is 4.79 Å². The first-order chi connectivity index (χ1) is 15.8. The molecule has 0 saturated heterocycles. The Hall–Kier alpha value is -2.07. The van der Waals surface area contributed by atoms with Crippen LogP contribution in [0.4, 0.5) is 4.39 Å². The van der Waals surface area contributed by atoms with Crippen molar-refractivity contribution in [1.29, 1.82) is 0 Å². The largest absolute Gasteiger partial charge is 0.390 e. The molecule has 7 nitrogen and oxygen atoms in total. The van der Waals surface area contributed by atoms with Crippen molar-refractivity contribution in [1.82, 2.24) is 5.32 Å². The van der Waals surface area contributed by atoms with Crippen LogP contribution < -0.4 is 5.32 Å². The van der Waals surface area contributed by atoms with Gasteiger partial charge in [-0.1, -0.05) is 41.9 Å². The molecule has 0 heterocycles. The normalized spacial score (nSPS) is 25.1. The number of carbonyl (C=O) groups excluding carboxylic acids is 1. The Balaban J connectivity index is 1.79. The van der Waals surface area contributed by atoms with Gasteiger partial charge in [0.1, 0.15) is 11.9 Å². The highest BCUT2D eigenvalue weighted by atomic mass is 35.5. The van der Waals surface area contributed by atoms with Crippen molar-refractivity contribution in [2.75, 3.05) is 20.3 Å². The van der Waals surface area contributed by atoms with Crippen molar-refractivity contribution in [2.45, 2.75) is 50.0 Å². The standard InChI is InChI=1S/C24H29ClFNO6/c1-31-10-9-27-23(30)24(33-15-17-6-2-3-8-19(17)26)12-20(28)22(29)21(13-24)32-14-16-5-4-7-18(25)11-16/h2-8,11,20-22,28-29H,9-10,12-15H2,1H3,(H,27,30)/t20-,21?,22-,24+/m1/s1. The van der Waals surface area contributed by atoms with Crippen LogP contribution in [0.25, 0.3) is 0 Å². The van der Waals surface area contributed by atoms with Crippen molar-refractivity contribution in [3.63, 3.8) is 0 Å². The summed E-state index contributed by atoms with van der Waals surface area (Å²) in [5, 5.41) is 24.4. The van der Waals surface area contributed by atoms with Crippen molar-refractivity contribution in [3.8, 4) is 0 Å². The summed E-state index contributed by atoms with van der Waals surface area (Å²) >= 11 is 6.02. The number of halogens is 2. The first kappa shape index (κ1) is 25.6. The average Bonchev–Trinajstić information content (AvgIpc) is 2.80. The van der Waals surface area contributed by atoms with Gasteiger partial charge in [0.2, 0.25) is 0 Å². The van der Waals surface area contributed by atoms with Crippen LogP contribution in [-0.4, -0.2) is 60.3 Å². The molecule has 0 aliphatic heterocycles. The molecular weight excluding hydrogens is 453 g/mol. The van der Waals surface area contributed by atoms with Gasteiger partial charge in [-0.2, -0.15) is 0 Å². The van der Waals surface area contributed by atoms with Crippen molar-refractivity contribution < 1.29 is 33.6 Å². The summed E-state index contributed by atoms with van der Waals surface area (Å²) < 4.78 is 31.0. The summed E-state index contributed by atoms with van der Waals surface area (Å²) in [5.74, 6) is -0.948. The third-order valence-electron chi connectivity index (χ3n) is 5.67. The van der Waals surface area contributed by atoms with E-state index in [1.165, 1.54) is 13.2 Å². The zero-order valence-corrected chi connectivity index (χ0v) is 19.1. The molecule has 1 saturated carbocycles. The number of methoxy groups -OCH3 is 1. The number of hydrogen-bond donors (Lipinski definition) is 3. The zero-order valence-electron chi connectivity index (χ0n) is 18.4. The molecule has 0 aromatic heterocycles. The Morgan fingerprint density at radius 1 is 1.18 bits per heavy atom. The molecular formula is C24H29ClFNO6. The van der Waals surface area contributed by atoms with Crippen LogP contribution in [0, 0.1) is 5.82 Å². The molecule has 1 aliphatic rings. The molecule has 0 spiro atoms. The second kappa shape index (κ2) is 11.9. The maximum atomic E-state index is 14.2. The smallest absolute Gasteiger partial charge is 0.252 e. The average molecular weight is 482 g/mol. The van der Waals surface area contributed by atoms with E-state index in [0.717, 1.165) is 5.56 Å². The summed E-state index contributed by atoms with van der Waals surface area (Å²) in [4.78, 5) is 13.2. The molecule has 180 valence electrons. The summed E-state index contributed by atoms with van der Waals surface area (Å²) in [6.07, 6.45) is -3.60. The quantitative estimate of drug-likeness (QED) is 0.451. The van der Waals surface area contributed by atoms with Gasteiger partial charge >= 0.3 is 0 Å². The van der Waals surface area contributed by atoms with E-state index >= 15 is 0 Å². The van der Waals surface area contributed by atoms with E-state index in [2.05, 4.69) is 5.32 Å². The fraction of sp³-hybridized carbons (Fsp3) is 0.458. The van der Waals surface area contributed by atoms with Gasteiger partial charge in [0.25, 0.3) is 5.91 Å². The minimum atomic E-state index is -1.53. The van der Waals surface area contributed by atoms with Gasteiger partial charge in [0, 0.05) is 37.1 Å². The molecule has 1 amide bonds. The van der Waals surface area contributed by atoms with E-state index < -0.39 is 35.6 Å². The molecule has 3 rings (SSSR count). The molecule has 0 radical (unpaired) electrons. The number of aliphatic hydroxyl groups excluding tert-OH is 2. The van der Waals surface area contributed by atoms with E-state index in [1.807, 2.05) is 6.07 Å². The minimum absolute atomic E-state index is 0.0287. The van der Waals surface area contributed by atoms with Crippen LogP contribution in [0.1, 0.15) is 24.0 Å². The lowest BCUT2D eigenvalue weighted by atomic mass is 9.78. The predicted octanol–water partition coefficient (Wildman–Crippen LogP) is 2.60. The Labute approximate surface area is 197 Å². The molecule has 1 aliphatic carbocycles. The Kier molecular flexibility index (Phi) is 9.19. The molecule has 4 atom stereocenters. The van der Waals surface area contributed by atoms with Gasteiger partial charge in [-0.05, 0) is 23.8 Å². The van der Waals surface area contributed by atoms with Crippen LogP contribution in [0.3, 0.4) is 0 Å². The van der Waals surface area contributed by atoms with Crippen LogP contribution in [-0.2, 0) is 32.2 Å². The molecule has 0 bridgehead atoms. The Morgan fingerprint density at radius 2 is 1.97 bits per heavy atom.